The Kier molecular flexibility index (Phi) is 3.46. The first-order valence-corrected chi connectivity index (χ1v) is 5.74. The quantitative estimate of drug-likeness (QED) is 0.915. The Morgan fingerprint density at radius 3 is 2.68 bits per heavy atom. The summed E-state index contributed by atoms with van der Waals surface area (Å²) in [5.74, 6) is -0.434. The van der Waals surface area contributed by atoms with E-state index in [2.05, 4.69) is 9.97 Å². The number of hydrogen-bond donors (Lipinski definition) is 1. The zero-order chi connectivity index (χ0) is 14.0. The van der Waals surface area contributed by atoms with Crippen molar-refractivity contribution >= 4 is 5.97 Å². The van der Waals surface area contributed by atoms with Crippen LogP contribution in [0.4, 0.5) is 0 Å². The molecule has 2 heterocycles. The van der Waals surface area contributed by atoms with Gasteiger partial charge in [0.2, 0.25) is 0 Å². The third-order valence-electron chi connectivity index (χ3n) is 2.82. The molecule has 0 aliphatic heterocycles. The van der Waals surface area contributed by atoms with Gasteiger partial charge >= 0.3 is 5.97 Å². The van der Waals surface area contributed by atoms with Crippen LogP contribution in [0.3, 0.4) is 0 Å². The molecule has 0 saturated carbocycles. The van der Waals surface area contributed by atoms with Crippen LogP contribution in [0.25, 0.3) is 11.1 Å². The Hall–Kier alpha value is -2.43. The summed E-state index contributed by atoms with van der Waals surface area (Å²) in [7, 11) is 1.55. The van der Waals surface area contributed by atoms with Gasteiger partial charge in [-0.2, -0.15) is 0 Å². The van der Waals surface area contributed by atoms with Crippen LogP contribution in [0.2, 0.25) is 0 Å². The van der Waals surface area contributed by atoms with Crippen LogP contribution < -0.4 is 4.74 Å². The highest BCUT2D eigenvalue weighted by Gasteiger charge is 2.17. The number of aromatic nitrogens is 2. The van der Waals surface area contributed by atoms with E-state index in [9.17, 15) is 9.90 Å². The SMILES string of the molecule is COc1c(-c2ccncc2C(=O)O)cc(C)nc1C. The predicted molar refractivity (Wildman–Crippen MR) is 70.5 cm³/mol. The van der Waals surface area contributed by atoms with Gasteiger partial charge in [-0.3, -0.25) is 9.97 Å². The molecule has 0 spiro atoms. The molecule has 0 bridgehead atoms. The van der Waals surface area contributed by atoms with Crippen LogP contribution in [0.5, 0.6) is 5.75 Å². The summed E-state index contributed by atoms with van der Waals surface area (Å²) in [6.07, 6.45) is 2.90. The van der Waals surface area contributed by atoms with Crippen LogP contribution in [0.15, 0.2) is 24.5 Å². The molecule has 0 aliphatic rings. The number of carboxylic acids is 1. The zero-order valence-corrected chi connectivity index (χ0v) is 11.0. The molecule has 0 saturated heterocycles. The van der Waals surface area contributed by atoms with Gasteiger partial charge in [-0.25, -0.2) is 4.79 Å². The number of rotatable bonds is 3. The summed E-state index contributed by atoms with van der Waals surface area (Å²) < 4.78 is 5.34. The second-order valence-corrected chi connectivity index (χ2v) is 4.16. The Balaban J connectivity index is 2.75. The molecule has 5 nitrogen and oxygen atoms in total. The number of ether oxygens (including phenoxy) is 1. The van der Waals surface area contributed by atoms with E-state index in [0.717, 1.165) is 11.4 Å². The summed E-state index contributed by atoms with van der Waals surface area (Å²) >= 11 is 0. The van der Waals surface area contributed by atoms with Crippen LogP contribution in [-0.2, 0) is 0 Å². The second kappa shape index (κ2) is 5.06. The Morgan fingerprint density at radius 2 is 2.05 bits per heavy atom. The van der Waals surface area contributed by atoms with Gasteiger partial charge in [0, 0.05) is 29.2 Å². The number of pyridine rings is 2. The highest BCUT2D eigenvalue weighted by atomic mass is 16.5. The standard InChI is InChI=1S/C14H14N2O3/c1-8-6-11(13(19-3)9(2)16-8)10-4-5-15-7-12(10)14(17)18/h4-7H,1-3H3,(H,17,18). The Labute approximate surface area is 110 Å². The number of carboxylic acid groups (broad SMARTS) is 1. The second-order valence-electron chi connectivity index (χ2n) is 4.16. The zero-order valence-electron chi connectivity index (χ0n) is 11.0. The van der Waals surface area contributed by atoms with Crippen LogP contribution in [0, 0.1) is 13.8 Å². The number of aryl methyl sites for hydroxylation is 2. The van der Waals surface area contributed by atoms with Crippen molar-refractivity contribution in [2.45, 2.75) is 13.8 Å². The molecule has 2 aromatic rings. The minimum Gasteiger partial charge on any atom is -0.494 e. The third-order valence-corrected chi connectivity index (χ3v) is 2.82. The molecule has 0 radical (unpaired) electrons. The smallest absolute Gasteiger partial charge is 0.337 e. The van der Waals surface area contributed by atoms with Gasteiger partial charge in [0.25, 0.3) is 0 Å². The van der Waals surface area contributed by atoms with E-state index in [1.807, 2.05) is 19.9 Å². The van der Waals surface area contributed by atoms with Crippen molar-refractivity contribution in [3.05, 3.63) is 41.5 Å². The molecule has 2 aromatic heterocycles. The topological polar surface area (TPSA) is 72.3 Å². The van der Waals surface area contributed by atoms with E-state index in [-0.39, 0.29) is 5.56 Å². The number of carbonyl (C=O) groups is 1. The van der Waals surface area contributed by atoms with Crippen molar-refractivity contribution in [1.82, 2.24) is 9.97 Å². The molecule has 98 valence electrons. The number of hydrogen-bond acceptors (Lipinski definition) is 4. The Bertz CT molecular complexity index is 639. The molecular formula is C14H14N2O3. The molecule has 0 amide bonds. The fraction of sp³-hybridized carbons (Fsp3) is 0.214. The summed E-state index contributed by atoms with van der Waals surface area (Å²) in [4.78, 5) is 19.4. The lowest BCUT2D eigenvalue weighted by Crippen LogP contribution is -2.03. The summed E-state index contributed by atoms with van der Waals surface area (Å²) in [6.45, 7) is 3.69. The molecule has 1 N–H and O–H groups in total. The van der Waals surface area contributed by atoms with Gasteiger partial charge in [0.1, 0.15) is 5.75 Å². The van der Waals surface area contributed by atoms with E-state index in [1.165, 1.54) is 6.20 Å². The van der Waals surface area contributed by atoms with Gasteiger partial charge in [0.05, 0.1) is 18.4 Å². The molecule has 0 unspecified atom stereocenters. The van der Waals surface area contributed by atoms with Crippen molar-refractivity contribution in [3.8, 4) is 16.9 Å². The predicted octanol–water partition coefficient (Wildman–Crippen LogP) is 2.47. The van der Waals surface area contributed by atoms with Crippen molar-refractivity contribution in [2.24, 2.45) is 0 Å². The van der Waals surface area contributed by atoms with E-state index in [0.29, 0.717) is 16.9 Å². The maximum atomic E-state index is 11.3. The van der Waals surface area contributed by atoms with Gasteiger partial charge in [-0.05, 0) is 26.0 Å². The fourth-order valence-corrected chi connectivity index (χ4v) is 2.07. The largest absolute Gasteiger partial charge is 0.494 e. The first-order valence-electron chi connectivity index (χ1n) is 5.74. The summed E-state index contributed by atoms with van der Waals surface area (Å²) in [6, 6.07) is 3.48. The summed E-state index contributed by atoms with van der Waals surface area (Å²) in [5.41, 5.74) is 2.97. The van der Waals surface area contributed by atoms with Gasteiger partial charge in [-0.1, -0.05) is 0 Å². The van der Waals surface area contributed by atoms with Crippen LogP contribution >= 0.6 is 0 Å². The van der Waals surface area contributed by atoms with Crippen LogP contribution in [-0.4, -0.2) is 28.2 Å². The Morgan fingerprint density at radius 1 is 1.32 bits per heavy atom. The lowest BCUT2D eigenvalue weighted by Gasteiger charge is -2.13. The van der Waals surface area contributed by atoms with Gasteiger partial charge < -0.3 is 9.84 Å². The third kappa shape index (κ3) is 2.40. The number of aromatic carboxylic acids is 1. The molecule has 19 heavy (non-hydrogen) atoms. The molecule has 2 rings (SSSR count). The molecular weight excluding hydrogens is 244 g/mol. The maximum absolute atomic E-state index is 11.3. The van der Waals surface area contributed by atoms with Crippen LogP contribution in [0.1, 0.15) is 21.7 Å². The van der Waals surface area contributed by atoms with E-state index < -0.39 is 5.97 Å². The maximum Gasteiger partial charge on any atom is 0.337 e. The van der Waals surface area contributed by atoms with Gasteiger partial charge in [0.15, 0.2) is 0 Å². The normalized spacial score (nSPS) is 10.3. The van der Waals surface area contributed by atoms with Crippen molar-refractivity contribution in [3.63, 3.8) is 0 Å². The highest BCUT2D eigenvalue weighted by Crippen LogP contribution is 2.34. The van der Waals surface area contributed by atoms with E-state index in [1.54, 1.807) is 19.4 Å². The van der Waals surface area contributed by atoms with Crippen molar-refractivity contribution < 1.29 is 14.6 Å². The number of nitrogens with zero attached hydrogens (tertiary/aromatic N) is 2. The van der Waals surface area contributed by atoms with Crippen molar-refractivity contribution in [1.29, 1.82) is 0 Å². The minimum absolute atomic E-state index is 0.144. The highest BCUT2D eigenvalue weighted by molar-refractivity contribution is 5.96. The van der Waals surface area contributed by atoms with E-state index in [4.69, 9.17) is 4.74 Å². The molecule has 0 fully saturated rings. The minimum atomic E-state index is -1.02. The first kappa shape index (κ1) is 13.0. The fourth-order valence-electron chi connectivity index (χ4n) is 2.07. The van der Waals surface area contributed by atoms with E-state index >= 15 is 0 Å². The first-order chi connectivity index (χ1) is 9.04. The summed E-state index contributed by atoms with van der Waals surface area (Å²) in [5, 5.41) is 9.23. The van der Waals surface area contributed by atoms with Crippen molar-refractivity contribution in [2.75, 3.05) is 7.11 Å². The lowest BCUT2D eigenvalue weighted by molar-refractivity contribution is 0.0697. The molecule has 0 aromatic carbocycles. The average molecular weight is 258 g/mol. The monoisotopic (exact) mass is 258 g/mol. The molecule has 5 heteroatoms. The average Bonchev–Trinajstić information content (AvgIpc) is 2.37. The lowest BCUT2D eigenvalue weighted by atomic mass is 10.00. The molecule has 0 aliphatic carbocycles. The van der Waals surface area contributed by atoms with Gasteiger partial charge in [-0.15, -0.1) is 0 Å². The molecule has 0 atom stereocenters. The number of methoxy groups -OCH3 is 1.